The molecule has 0 aliphatic carbocycles. The molecule has 23 heavy (non-hydrogen) atoms. The summed E-state index contributed by atoms with van der Waals surface area (Å²) in [6.07, 6.45) is 19.3. The van der Waals surface area contributed by atoms with Crippen molar-refractivity contribution in [2.45, 2.75) is 110 Å². The van der Waals surface area contributed by atoms with Gasteiger partial charge in [-0.2, -0.15) is 0 Å². The third-order valence-corrected chi connectivity index (χ3v) is 4.54. The average Bonchev–Trinajstić information content (AvgIpc) is 2.56. The summed E-state index contributed by atoms with van der Waals surface area (Å²) in [6, 6.07) is 0. The lowest BCUT2D eigenvalue weighted by Crippen LogP contribution is -2.05. The monoisotopic (exact) mass is 346 g/mol. The van der Waals surface area contributed by atoms with E-state index in [2.05, 4.69) is 6.92 Å². The summed E-state index contributed by atoms with van der Waals surface area (Å²) < 4.78 is 5.24. The zero-order valence-corrected chi connectivity index (χ0v) is 16.2. The summed E-state index contributed by atoms with van der Waals surface area (Å²) in [5.74, 6) is 0.719. The summed E-state index contributed by atoms with van der Waals surface area (Å²) in [7, 11) is 0. The van der Waals surface area contributed by atoms with Crippen LogP contribution >= 0.6 is 11.6 Å². The highest BCUT2D eigenvalue weighted by molar-refractivity contribution is 6.17. The van der Waals surface area contributed by atoms with Crippen molar-refractivity contribution >= 4 is 17.6 Å². The van der Waals surface area contributed by atoms with Crippen LogP contribution in [0.5, 0.6) is 0 Å². The van der Waals surface area contributed by atoms with Gasteiger partial charge < -0.3 is 4.74 Å². The van der Waals surface area contributed by atoms with Crippen LogP contribution in [0.15, 0.2) is 0 Å². The molecular formula is C20H39ClO2. The summed E-state index contributed by atoms with van der Waals surface area (Å²) in [5, 5.41) is 0. The van der Waals surface area contributed by atoms with Gasteiger partial charge in [0, 0.05) is 12.3 Å². The van der Waals surface area contributed by atoms with Gasteiger partial charge >= 0.3 is 5.97 Å². The number of carbonyl (C=O) groups is 1. The fraction of sp³-hybridized carbons (Fsp3) is 0.950. The molecule has 0 bridgehead atoms. The minimum absolute atomic E-state index is 0.0155. The van der Waals surface area contributed by atoms with Gasteiger partial charge in [-0.25, -0.2) is 0 Å². The maximum Gasteiger partial charge on any atom is 0.305 e. The summed E-state index contributed by atoms with van der Waals surface area (Å²) in [5.41, 5.74) is 0. The van der Waals surface area contributed by atoms with E-state index in [9.17, 15) is 4.79 Å². The first kappa shape index (κ1) is 22.8. The highest BCUT2D eigenvalue weighted by Crippen LogP contribution is 2.12. The number of unbranched alkanes of at least 4 members (excludes halogenated alkanes) is 13. The fourth-order valence-electron chi connectivity index (χ4n) is 2.74. The molecule has 138 valence electrons. The molecule has 0 aromatic carbocycles. The largest absolute Gasteiger partial charge is 0.466 e. The Morgan fingerprint density at radius 2 is 1.17 bits per heavy atom. The van der Waals surface area contributed by atoms with Gasteiger partial charge in [0.2, 0.25) is 0 Å². The maximum atomic E-state index is 11.5. The second kappa shape index (κ2) is 19.8. The Morgan fingerprint density at radius 1 is 0.696 bits per heavy atom. The van der Waals surface area contributed by atoms with Crippen molar-refractivity contribution in [1.29, 1.82) is 0 Å². The predicted octanol–water partition coefficient (Wildman–Crippen LogP) is 7.03. The van der Waals surface area contributed by atoms with Crippen LogP contribution < -0.4 is 0 Å². The molecule has 0 aliphatic rings. The van der Waals surface area contributed by atoms with Crippen LogP contribution in [0.2, 0.25) is 0 Å². The molecule has 0 fully saturated rings. The molecule has 0 heterocycles. The van der Waals surface area contributed by atoms with Gasteiger partial charge in [-0.05, 0) is 19.3 Å². The second-order valence-electron chi connectivity index (χ2n) is 6.61. The molecule has 0 aromatic rings. The van der Waals surface area contributed by atoms with Crippen molar-refractivity contribution in [3.8, 4) is 0 Å². The summed E-state index contributed by atoms with van der Waals surface area (Å²) >= 11 is 5.62. The van der Waals surface area contributed by atoms with E-state index in [1.807, 2.05) is 0 Å². The normalized spacial score (nSPS) is 10.9. The molecule has 0 N–H and O–H groups in total. The summed E-state index contributed by atoms with van der Waals surface area (Å²) in [6.45, 7) is 2.85. The van der Waals surface area contributed by atoms with Gasteiger partial charge in [-0.15, -0.1) is 11.6 Å². The highest BCUT2D eigenvalue weighted by Gasteiger charge is 2.02. The van der Waals surface area contributed by atoms with Gasteiger partial charge in [-0.3, -0.25) is 4.79 Å². The fourth-order valence-corrected chi connectivity index (χ4v) is 2.93. The van der Waals surface area contributed by atoms with Crippen molar-refractivity contribution in [2.24, 2.45) is 0 Å². The summed E-state index contributed by atoms with van der Waals surface area (Å²) in [4.78, 5) is 11.5. The molecule has 0 amide bonds. The lowest BCUT2D eigenvalue weighted by Gasteiger charge is -2.05. The van der Waals surface area contributed by atoms with E-state index in [4.69, 9.17) is 16.3 Å². The van der Waals surface area contributed by atoms with E-state index in [1.165, 1.54) is 64.2 Å². The van der Waals surface area contributed by atoms with E-state index in [-0.39, 0.29) is 5.97 Å². The second-order valence-corrected chi connectivity index (χ2v) is 6.99. The molecule has 0 radical (unpaired) electrons. The third-order valence-electron chi connectivity index (χ3n) is 4.28. The van der Waals surface area contributed by atoms with Crippen LogP contribution in [-0.4, -0.2) is 18.5 Å². The van der Waals surface area contributed by atoms with Crippen molar-refractivity contribution in [1.82, 2.24) is 0 Å². The Balaban J connectivity index is 3.11. The maximum absolute atomic E-state index is 11.5. The number of alkyl halides is 1. The molecule has 0 spiro atoms. The topological polar surface area (TPSA) is 26.3 Å². The van der Waals surface area contributed by atoms with E-state index in [1.54, 1.807) is 0 Å². The first-order valence-corrected chi connectivity index (χ1v) is 10.6. The van der Waals surface area contributed by atoms with Crippen LogP contribution in [0, 0.1) is 0 Å². The van der Waals surface area contributed by atoms with Crippen molar-refractivity contribution < 1.29 is 9.53 Å². The molecule has 0 saturated carbocycles. The quantitative estimate of drug-likeness (QED) is 0.151. The number of esters is 1. The average molecular weight is 347 g/mol. The standard InChI is InChI=1S/C20H39ClO2/c1-2-3-4-5-6-7-8-9-10-11-14-17-20(22)23-19-16-13-12-15-18-21/h2-19H2,1H3. The smallest absolute Gasteiger partial charge is 0.305 e. The first-order valence-electron chi connectivity index (χ1n) is 10.0. The lowest BCUT2D eigenvalue weighted by molar-refractivity contribution is -0.143. The van der Waals surface area contributed by atoms with E-state index >= 15 is 0 Å². The predicted molar refractivity (Wildman–Crippen MR) is 101 cm³/mol. The van der Waals surface area contributed by atoms with E-state index < -0.39 is 0 Å². The number of halogens is 1. The minimum atomic E-state index is -0.0155. The molecule has 0 aromatic heterocycles. The molecule has 0 aliphatic heterocycles. The third kappa shape index (κ3) is 19.7. The molecule has 0 atom stereocenters. The SMILES string of the molecule is CCCCCCCCCCCCCC(=O)OCCCCCCCl. The number of rotatable bonds is 18. The van der Waals surface area contributed by atoms with Crippen molar-refractivity contribution in [3.63, 3.8) is 0 Å². The molecule has 2 nitrogen and oxygen atoms in total. The van der Waals surface area contributed by atoms with Crippen LogP contribution in [0.1, 0.15) is 110 Å². The van der Waals surface area contributed by atoms with Crippen LogP contribution in [0.4, 0.5) is 0 Å². The van der Waals surface area contributed by atoms with Crippen LogP contribution in [0.3, 0.4) is 0 Å². The van der Waals surface area contributed by atoms with Gasteiger partial charge in [0.1, 0.15) is 0 Å². The van der Waals surface area contributed by atoms with E-state index in [0.29, 0.717) is 13.0 Å². The Kier molecular flexibility index (Phi) is 19.6. The Morgan fingerprint density at radius 3 is 1.74 bits per heavy atom. The van der Waals surface area contributed by atoms with Crippen LogP contribution in [-0.2, 0) is 9.53 Å². The highest BCUT2D eigenvalue weighted by atomic mass is 35.5. The Labute approximate surface area is 149 Å². The van der Waals surface area contributed by atoms with Crippen molar-refractivity contribution in [3.05, 3.63) is 0 Å². The van der Waals surface area contributed by atoms with Gasteiger partial charge in [-0.1, -0.05) is 84.0 Å². The Bertz CT molecular complexity index is 244. The van der Waals surface area contributed by atoms with E-state index in [0.717, 1.165) is 38.0 Å². The zero-order chi connectivity index (χ0) is 17.0. The molecule has 3 heteroatoms. The number of hydrogen-bond acceptors (Lipinski definition) is 2. The van der Waals surface area contributed by atoms with Gasteiger partial charge in [0.05, 0.1) is 6.61 Å². The zero-order valence-electron chi connectivity index (χ0n) is 15.4. The van der Waals surface area contributed by atoms with Gasteiger partial charge in [0.25, 0.3) is 0 Å². The molecule has 0 saturated heterocycles. The first-order chi connectivity index (χ1) is 11.3. The van der Waals surface area contributed by atoms with Crippen LogP contribution in [0.25, 0.3) is 0 Å². The van der Waals surface area contributed by atoms with Gasteiger partial charge in [0.15, 0.2) is 0 Å². The number of ether oxygens (including phenoxy) is 1. The Hall–Kier alpha value is -0.240. The minimum Gasteiger partial charge on any atom is -0.466 e. The number of hydrogen-bond donors (Lipinski definition) is 0. The molecular weight excluding hydrogens is 308 g/mol. The van der Waals surface area contributed by atoms with Crippen molar-refractivity contribution in [2.75, 3.05) is 12.5 Å². The lowest BCUT2D eigenvalue weighted by atomic mass is 10.1. The molecule has 0 unspecified atom stereocenters. The molecule has 0 rings (SSSR count). The number of carbonyl (C=O) groups excluding carboxylic acids is 1.